The Morgan fingerprint density at radius 2 is 1.12 bits per heavy atom. The number of ether oxygens (including phenoxy) is 1. The number of carboxylic acid groups (broad SMARTS) is 1. The summed E-state index contributed by atoms with van der Waals surface area (Å²) in [4.78, 5) is 63.5. The summed E-state index contributed by atoms with van der Waals surface area (Å²) in [5.41, 5.74) is 19.7. The molecule has 68 heavy (non-hydrogen) atoms. The molecule has 360 valence electrons. The average molecular weight is 980 g/mol. The average Bonchev–Trinajstić information content (AvgIpc) is 4.08. The third-order valence-corrected chi connectivity index (χ3v) is 11.4. The fourth-order valence-electron chi connectivity index (χ4n) is 8.10. The molecule has 0 bridgehead atoms. The molecular formula is C47H51Cl2F3N10O6. The van der Waals surface area contributed by atoms with E-state index in [9.17, 15) is 27.6 Å². The predicted molar refractivity (Wildman–Crippen MR) is 256 cm³/mol. The van der Waals surface area contributed by atoms with Crippen molar-refractivity contribution < 1.29 is 42.2 Å². The van der Waals surface area contributed by atoms with Gasteiger partial charge in [0.2, 0.25) is 12.2 Å². The van der Waals surface area contributed by atoms with Crippen LogP contribution in [-0.4, -0.2) is 106 Å². The molecule has 2 fully saturated rings. The van der Waals surface area contributed by atoms with Crippen LogP contribution in [0.2, 0.25) is 10.0 Å². The lowest BCUT2D eigenvalue weighted by Gasteiger charge is -2.24. The monoisotopic (exact) mass is 978 g/mol. The molecule has 16 nitrogen and oxygen atoms in total. The van der Waals surface area contributed by atoms with Crippen LogP contribution in [0.1, 0.15) is 57.1 Å². The summed E-state index contributed by atoms with van der Waals surface area (Å²) in [5, 5.41) is 10.6. The minimum atomic E-state index is -4.64. The Bertz CT molecular complexity index is 2830. The summed E-state index contributed by atoms with van der Waals surface area (Å²) in [7, 11) is 0. The van der Waals surface area contributed by atoms with E-state index in [4.69, 9.17) is 49.3 Å². The summed E-state index contributed by atoms with van der Waals surface area (Å²) in [6, 6.07) is 15.6. The third kappa shape index (κ3) is 12.3. The number of carbonyl (C=O) groups excluding carboxylic acids is 3. The van der Waals surface area contributed by atoms with Crippen molar-refractivity contribution in [2.24, 2.45) is 0 Å². The number of anilines is 2. The van der Waals surface area contributed by atoms with E-state index in [1.165, 1.54) is 18.7 Å². The van der Waals surface area contributed by atoms with E-state index in [0.717, 1.165) is 74.6 Å². The first kappa shape index (κ1) is 52.0. The van der Waals surface area contributed by atoms with Crippen LogP contribution >= 0.6 is 23.2 Å². The number of nitrogens with zero attached hydrogens (tertiary/aromatic N) is 8. The molecule has 2 amide bonds. The van der Waals surface area contributed by atoms with Crippen LogP contribution in [0.4, 0.5) is 29.6 Å². The van der Waals surface area contributed by atoms with Gasteiger partial charge in [-0.3, -0.25) is 9.59 Å². The van der Waals surface area contributed by atoms with Crippen molar-refractivity contribution in [3.05, 3.63) is 108 Å². The lowest BCUT2D eigenvalue weighted by Crippen LogP contribution is -2.35. The van der Waals surface area contributed by atoms with Crippen LogP contribution in [0.15, 0.2) is 86.5 Å². The van der Waals surface area contributed by atoms with E-state index in [-0.39, 0.29) is 24.1 Å². The maximum atomic E-state index is 12.5. The molecule has 6 aromatic rings. The van der Waals surface area contributed by atoms with Gasteiger partial charge in [0, 0.05) is 64.8 Å². The number of aldehydes is 1. The second-order valence-electron chi connectivity index (χ2n) is 16.6. The Kier molecular flexibility index (Phi) is 16.6. The first-order valence-electron chi connectivity index (χ1n) is 21.0. The van der Waals surface area contributed by atoms with Crippen molar-refractivity contribution in [3.8, 4) is 22.3 Å². The van der Waals surface area contributed by atoms with Crippen molar-refractivity contribution >= 4 is 81.2 Å². The van der Waals surface area contributed by atoms with Crippen LogP contribution < -0.4 is 11.5 Å². The topological polar surface area (TPSA) is 218 Å². The number of carbonyl (C=O) groups is 4. The van der Waals surface area contributed by atoms with Gasteiger partial charge >= 0.3 is 18.2 Å². The summed E-state index contributed by atoms with van der Waals surface area (Å²) in [6.45, 7) is 18.8. The number of nitrogens with two attached hydrogens (primary N) is 2. The van der Waals surface area contributed by atoms with E-state index < -0.39 is 24.0 Å². The summed E-state index contributed by atoms with van der Waals surface area (Å²) in [6.07, 6.45) is 0.851. The number of benzene rings is 2. The minimum Gasteiger partial charge on any atom is -0.478 e. The number of amides is 2. The van der Waals surface area contributed by atoms with Crippen molar-refractivity contribution in [1.29, 1.82) is 0 Å². The first-order valence-corrected chi connectivity index (χ1v) is 21.8. The maximum absolute atomic E-state index is 12.5. The van der Waals surface area contributed by atoms with Crippen molar-refractivity contribution in [3.63, 3.8) is 0 Å². The zero-order valence-electron chi connectivity index (χ0n) is 37.9. The highest BCUT2D eigenvalue weighted by molar-refractivity contribution is 6.31. The molecule has 2 saturated heterocycles. The second kappa shape index (κ2) is 21.8. The van der Waals surface area contributed by atoms with Gasteiger partial charge in [0.25, 0.3) is 0 Å². The molecule has 21 heteroatoms. The number of aromatic nitrogens is 6. The quantitative estimate of drug-likeness (QED) is 0.105. The number of alkyl halides is 3. The Labute approximate surface area is 400 Å². The number of likely N-dealkylation sites (tertiary alicyclic amines) is 2. The standard InChI is InChI=1S/C22H26ClN5O2.C20H20ClN5O.C3H4O2.C2HF3O/c1-13-17(14-5-7-15(23)8-6-14)18-19(24)25-12-26-20(18)28(13)16-9-10-27(11-16)21(29)30-22(2,3)4;1-3-16(27)25-9-8-15(10-25)26-12(2)17(13-4-6-14(21)7-5-13)18-19(22)23-11-24-20(18)26;1-2-3(4)5;3-2(4,5)1-6/h5-8,12,16H,9-11H2,1-4H3,(H2,24,25,26);3-7,11,15H,1,8-10H2,2H3,(H2,22,23,24);2H,1H2,(H,4,5);1H/t16-;15-;;/m11../s1. The summed E-state index contributed by atoms with van der Waals surface area (Å²) < 4.78 is 41.2. The normalized spacial score (nSPS) is 15.6. The van der Waals surface area contributed by atoms with E-state index >= 15 is 0 Å². The highest BCUT2D eigenvalue weighted by atomic mass is 35.5. The van der Waals surface area contributed by atoms with Crippen molar-refractivity contribution in [1.82, 2.24) is 38.9 Å². The lowest BCUT2D eigenvalue weighted by molar-refractivity contribution is -0.156. The Hall–Kier alpha value is -6.99. The highest BCUT2D eigenvalue weighted by Crippen LogP contribution is 2.42. The number of fused-ring (bicyclic) bond motifs is 2. The molecule has 2 atom stereocenters. The molecule has 0 saturated carbocycles. The van der Waals surface area contributed by atoms with Crippen LogP contribution in [0, 0.1) is 13.8 Å². The number of halogens is 5. The van der Waals surface area contributed by atoms with E-state index in [0.29, 0.717) is 47.9 Å². The van der Waals surface area contributed by atoms with E-state index in [1.54, 1.807) is 4.90 Å². The summed E-state index contributed by atoms with van der Waals surface area (Å²) >= 11 is 12.1. The number of hydrogen-bond donors (Lipinski definition) is 3. The molecule has 2 aliphatic rings. The van der Waals surface area contributed by atoms with Gasteiger partial charge < -0.3 is 40.2 Å². The second-order valence-corrected chi connectivity index (χ2v) is 17.5. The minimum absolute atomic E-state index is 0.0429. The molecule has 0 spiro atoms. The zero-order chi connectivity index (χ0) is 50.2. The lowest BCUT2D eigenvalue weighted by atomic mass is 10.0. The smallest absolute Gasteiger partial charge is 0.446 e. The molecule has 0 radical (unpaired) electrons. The molecular weight excluding hydrogens is 928 g/mol. The zero-order valence-corrected chi connectivity index (χ0v) is 39.4. The SMILES string of the molecule is C=CC(=O)N1CC[C@@H](n2c(C)c(-c3ccc(Cl)cc3)c3c(N)ncnc32)C1.C=CC(=O)O.Cc1c(-c2ccc(Cl)cc2)c2c(N)ncnc2n1[C@@H]1CCN(C(=O)OC(C)(C)C)C1.O=CC(F)(F)F. The Morgan fingerprint density at radius 3 is 1.47 bits per heavy atom. The largest absolute Gasteiger partial charge is 0.478 e. The number of rotatable bonds is 6. The Morgan fingerprint density at radius 1 is 0.735 bits per heavy atom. The van der Waals surface area contributed by atoms with Gasteiger partial charge in [-0.1, -0.05) is 60.6 Å². The molecule has 5 N–H and O–H groups in total. The van der Waals surface area contributed by atoms with Gasteiger partial charge in [-0.15, -0.1) is 0 Å². The third-order valence-electron chi connectivity index (χ3n) is 10.9. The summed E-state index contributed by atoms with van der Waals surface area (Å²) in [5.74, 6) is -0.138. The number of carboxylic acids is 1. The van der Waals surface area contributed by atoms with Gasteiger partial charge in [-0.25, -0.2) is 29.5 Å². The fourth-order valence-corrected chi connectivity index (χ4v) is 8.36. The van der Waals surface area contributed by atoms with Crippen LogP contribution in [-0.2, 0) is 19.1 Å². The van der Waals surface area contributed by atoms with Crippen LogP contribution in [0.25, 0.3) is 44.3 Å². The molecule has 2 aromatic carbocycles. The maximum Gasteiger partial charge on any atom is 0.446 e. The highest BCUT2D eigenvalue weighted by Gasteiger charge is 2.34. The molecule has 0 aliphatic carbocycles. The Balaban J connectivity index is 0.000000209. The molecule has 4 aromatic heterocycles. The van der Waals surface area contributed by atoms with Gasteiger partial charge in [-0.05, 0) is 88.9 Å². The van der Waals surface area contributed by atoms with Crippen molar-refractivity contribution in [2.45, 2.75) is 71.3 Å². The molecule has 0 unspecified atom stereocenters. The van der Waals surface area contributed by atoms with Crippen molar-refractivity contribution in [2.75, 3.05) is 37.6 Å². The number of nitrogen functional groups attached to an aromatic ring is 2. The van der Waals surface area contributed by atoms with Gasteiger partial charge in [0.15, 0.2) is 0 Å². The van der Waals surface area contributed by atoms with Crippen LogP contribution in [0.5, 0.6) is 0 Å². The molecule has 6 heterocycles. The van der Waals surface area contributed by atoms with Gasteiger partial charge in [0.05, 0.1) is 22.9 Å². The van der Waals surface area contributed by atoms with Gasteiger partial charge in [0.1, 0.15) is 41.2 Å². The van der Waals surface area contributed by atoms with Gasteiger partial charge in [-0.2, -0.15) is 13.2 Å². The molecule has 2 aliphatic heterocycles. The van der Waals surface area contributed by atoms with E-state index in [2.05, 4.69) is 56.1 Å². The van der Waals surface area contributed by atoms with Crippen LogP contribution in [0.3, 0.4) is 0 Å². The molecule has 8 rings (SSSR count). The first-order chi connectivity index (χ1) is 32.0. The number of hydrogen-bond acceptors (Lipinski definition) is 11. The fraction of sp³-hybridized carbons (Fsp3) is 0.319. The predicted octanol–water partition coefficient (Wildman–Crippen LogP) is 9.43. The van der Waals surface area contributed by atoms with E-state index in [1.807, 2.05) is 74.2 Å². The number of aliphatic carboxylic acids is 1.